The van der Waals surface area contributed by atoms with Gasteiger partial charge in [0.05, 0.1) is 11.4 Å². The van der Waals surface area contributed by atoms with Gasteiger partial charge in [0.25, 0.3) is 0 Å². The summed E-state index contributed by atoms with van der Waals surface area (Å²) in [5, 5.41) is 11.1. The summed E-state index contributed by atoms with van der Waals surface area (Å²) in [6, 6.07) is 25.6. The Bertz CT molecular complexity index is 976. The average Bonchev–Trinajstić information content (AvgIpc) is 2.75. The van der Waals surface area contributed by atoms with Gasteiger partial charge in [0.1, 0.15) is 12.7 Å². The van der Waals surface area contributed by atoms with E-state index in [-0.39, 0.29) is 0 Å². The van der Waals surface area contributed by atoms with Gasteiger partial charge in [-0.15, -0.1) is 0 Å². The molecule has 1 heterocycles. The van der Waals surface area contributed by atoms with Crippen LogP contribution in [0.25, 0.3) is 0 Å². The third-order valence-electron chi connectivity index (χ3n) is 5.07. The quantitative estimate of drug-likeness (QED) is 0.600. The van der Waals surface area contributed by atoms with Gasteiger partial charge < -0.3 is 15.7 Å². The molecule has 0 spiro atoms. The summed E-state index contributed by atoms with van der Waals surface area (Å²) in [7, 11) is 0. The highest BCUT2D eigenvalue weighted by molar-refractivity contribution is 5.73. The Kier molecular flexibility index (Phi) is 5.35. The number of para-hydroxylation sites is 2. The third-order valence-corrected chi connectivity index (χ3v) is 5.07. The van der Waals surface area contributed by atoms with Crippen molar-refractivity contribution in [2.45, 2.75) is 19.0 Å². The van der Waals surface area contributed by atoms with Gasteiger partial charge in [-0.05, 0) is 47.9 Å². The second-order valence-electron chi connectivity index (χ2n) is 7.19. The Morgan fingerprint density at radius 1 is 1.00 bits per heavy atom. The normalized spacial score (nSPS) is 14.2. The zero-order valence-electron chi connectivity index (χ0n) is 16.0. The zero-order chi connectivity index (χ0) is 20.2. The van der Waals surface area contributed by atoms with Crippen molar-refractivity contribution in [1.29, 1.82) is 0 Å². The predicted octanol–water partition coefficient (Wildman–Crippen LogP) is 3.45. The first-order valence-electron chi connectivity index (χ1n) is 9.59. The Labute approximate surface area is 170 Å². The number of carbonyl (C=O) groups is 1. The smallest absolute Gasteiger partial charge is 0.320 e. The lowest BCUT2D eigenvalue weighted by Crippen LogP contribution is -2.45. The molecule has 0 fully saturated rings. The maximum absolute atomic E-state index is 10.9. The van der Waals surface area contributed by atoms with Crippen molar-refractivity contribution < 1.29 is 9.90 Å². The largest absolute Gasteiger partial charge is 0.480 e. The Morgan fingerprint density at radius 2 is 1.69 bits per heavy atom. The van der Waals surface area contributed by atoms with E-state index in [2.05, 4.69) is 45.7 Å². The number of nitrogens with two attached hydrogens (primary N) is 1. The van der Waals surface area contributed by atoms with E-state index < -0.39 is 12.0 Å². The van der Waals surface area contributed by atoms with E-state index in [0.29, 0.717) is 13.1 Å². The maximum Gasteiger partial charge on any atom is 0.320 e. The Balaban J connectivity index is 1.53. The topological polar surface area (TPSA) is 81.8 Å². The molecular formula is C23H24N4O2. The molecule has 6 nitrogen and oxygen atoms in total. The number of carboxylic acids is 1. The van der Waals surface area contributed by atoms with Crippen molar-refractivity contribution >= 4 is 23.0 Å². The lowest BCUT2D eigenvalue weighted by molar-refractivity contribution is -0.138. The predicted molar refractivity (Wildman–Crippen MR) is 116 cm³/mol. The molecule has 0 radical (unpaired) electrons. The minimum absolute atomic E-state index is 0.309. The van der Waals surface area contributed by atoms with Crippen LogP contribution in [0.15, 0.2) is 78.9 Å². The van der Waals surface area contributed by atoms with Crippen LogP contribution in [0.5, 0.6) is 0 Å². The minimum atomic E-state index is -0.988. The van der Waals surface area contributed by atoms with Crippen LogP contribution in [-0.4, -0.2) is 23.8 Å². The highest BCUT2D eigenvalue weighted by Gasteiger charge is 2.22. The first kappa shape index (κ1) is 18.8. The highest BCUT2D eigenvalue weighted by atomic mass is 16.4. The summed E-state index contributed by atoms with van der Waals surface area (Å²) in [6.45, 7) is 1.55. The number of hydrogen-bond donors (Lipinski definition) is 3. The molecule has 148 valence electrons. The molecule has 0 aromatic heterocycles. The Hall–Kier alpha value is -3.51. The van der Waals surface area contributed by atoms with E-state index in [1.807, 2.05) is 48.5 Å². The number of hydrogen-bond acceptors (Lipinski definition) is 5. The lowest BCUT2D eigenvalue weighted by atomic mass is 10.1. The second kappa shape index (κ2) is 8.24. The van der Waals surface area contributed by atoms with Crippen LogP contribution in [-0.2, 0) is 17.8 Å². The maximum atomic E-state index is 10.9. The summed E-state index contributed by atoms with van der Waals surface area (Å²) in [6.07, 6.45) is 0.309. The molecule has 3 aromatic rings. The summed E-state index contributed by atoms with van der Waals surface area (Å²) in [4.78, 5) is 13.3. The van der Waals surface area contributed by atoms with Crippen LogP contribution in [0.4, 0.5) is 17.1 Å². The van der Waals surface area contributed by atoms with Crippen LogP contribution in [0.1, 0.15) is 11.1 Å². The lowest BCUT2D eigenvalue weighted by Gasteiger charge is -2.40. The molecule has 0 amide bonds. The van der Waals surface area contributed by atoms with Crippen LogP contribution in [0.3, 0.4) is 0 Å². The zero-order valence-corrected chi connectivity index (χ0v) is 16.0. The molecule has 1 atom stereocenters. The van der Waals surface area contributed by atoms with Crippen LogP contribution in [0.2, 0.25) is 0 Å². The fraction of sp³-hybridized carbons (Fsp3) is 0.174. The number of fused-ring (bicyclic) bond motifs is 1. The molecule has 0 aliphatic carbocycles. The van der Waals surface area contributed by atoms with E-state index in [1.54, 1.807) is 0 Å². The summed E-state index contributed by atoms with van der Waals surface area (Å²) < 4.78 is 0. The van der Waals surface area contributed by atoms with Crippen molar-refractivity contribution in [1.82, 2.24) is 0 Å². The summed E-state index contributed by atoms with van der Waals surface area (Å²) >= 11 is 0. The molecule has 29 heavy (non-hydrogen) atoms. The van der Waals surface area contributed by atoms with Crippen molar-refractivity contribution in [3.05, 3.63) is 90.0 Å². The molecule has 0 saturated heterocycles. The number of hydrazine groups is 1. The molecule has 1 aliphatic heterocycles. The molecule has 4 N–H and O–H groups in total. The number of rotatable bonds is 6. The number of carboxylic acid groups (broad SMARTS) is 1. The van der Waals surface area contributed by atoms with E-state index in [0.717, 1.165) is 23.5 Å². The van der Waals surface area contributed by atoms with E-state index in [4.69, 9.17) is 10.8 Å². The number of benzene rings is 3. The number of nitrogens with zero attached hydrogens (tertiary/aromatic N) is 2. The molecular weight excluding hydrogens is 364 g/mol. The van der Waals surface area contributed by atoms with Gasteiger partial charge in [0, 0.05) is 12.2 Å². The van der Waals surface area contributed by atoms with Crippen molar-refractivity contribution in [3.8, 4) is 0 Å². The molecule has 6 heteroatoms. The van der Waals surface area contributed by atoms with Crippen molar-refractivity contribution in [2.24, 2.45) is 5.73 Å². The molecule has 0 unspecified atom stereocenters. The van der Waals surface area contributed by atoms with Gasteiger partial charge in [-0.2, -0.15) is 0 Å². The monoisotopic (exact) mass is 388 g/mol. The van der Waals surface area contributed by atoms with Gasteiger partial charge in [0.15, 0.2) is 0 Å². The molecule has 0 saturated carbocycles. The van der Waals surface area contributed by atoms with Gasteiger partial charge >= 0.3 is 5.97 Å². The minimum Gasteiger partial charge on any atom is -0.480 e. The first-order chi connectivity index (χ1) is 14.1. The Morgan fingerprint density at radius 3 is 2.41 bits per heavy atom. The molecule has 1 aliphatic rings. The molecule has 3 aromatic carbocycles. The summed E-state index contributed by atoms with van der Waals surface area (Å²) in [5.41, 5.74) is 14.5. The first-order valence-corrected chi connectivity index (χ1v) is 9.59. The van der Waals surface area contributed by atoms with Crippen molar-refractivity contribution in [2.75, 3.05) is 22.0 Å². The van der Waals surface area contributed by atoms with E-state index in [9.17, 15) is 4.79 Å². The molecule has 4 rings (SSSR count). The van der Waals surface area contributed by atoms with E-state index >= 15 is 0 Å². The van der Waals surface area contributed by atoms with Crippen LogP contribution < -0.4 is 21.1 Å². The third kappa shape index (κ3) is 4.33. The highest BCUT2D eigenvalue weighted by Crippen LogP contribution is 2.30. The average molecular weight is 388 g/mol. The standard InChI is InChI=1S/C23H24N4O2/c24-21(23(28)29)14-17-10-12-19(13-11-17)25-27-16-26(20-7-2-1-3-8-20)15-18-6-4-5-9-22(18)27/h1-13,21,25H,14-16,24H2,(H,28,29)/t21-/m0/s1. The van der Waals surface area contributed by atoms with Gasteiger partial charge in [-0.3, -0.25) is 15.2 Å². The van der Waals surface area contributed by atoms with Gasteiger partial charge in [0.2, 0.25) is 0 Å². The van der Waals surface area contributed by atoms with Crippen LogP contribution in [0, 0.1) is 0 Å². The second-order valence-corrected chi connectivity index (χ2v) is 7.19. The van der Waals surface area contributed by atoms with Crippen LogP contribution >= 0.6 is 0 Å². The fourth-order valence-corrected chi connectivity index (χ4v) is 3.53. The van der Waals surface area contributed by atoms with E-state index in [1.165, 1.54) is 11.3 Å². The molecule has 0 bridgehead atoms. The van der Waals surface area contributed by atoms with Gasteiger partial charge in [-0.1, -0.05) is 48.5 Å². The summed E-state index contributed by atoms with van der Waals surface area (Å²) in [5.74, 6) is -0.988. The number of nitrogens with one attached hydrogen (secondary N) is 1. The van der Waals surface area contributed by atoms with Gasteiger partial charge in [-0.25, -0.2) is 0 Å². The SMILES string of the molecule is N[C@@H](Cc1ccc(NN2CN(c3ccccc3)Cc3ccccc32)cc1)C(=O)O. The number of aliphatic carboxylic acids is 1. The number of anilines is 3. The fourth-order valence-electron chi connectivity index (χ4n) is 3.53. The van der Waals surface area contributed by atoms with Crippen molar-refractivity contribution in [3.63, 3.8) is 0 Å².